The first-order valence-electron chi connectivity index (χ1n) is 6.29. The summed E-state index contributed by atoms with van der Waals surface area (Å²) in [6.45, 7) is 4.52. The van der Waals surface area contributed by atoms with E-state index in [-0.39, 0.29) is 12.3 Å². The van der Waals surface area contributed by atoms with Gasteiger partial charge >= 0.3 is 0 Å². The number of hydrogen-bond donors (Lipinski definition) is 1. The molecule has 0 saturated carbocycles. The highest BCUT2D eigenvalue weighted by molar-refractivity contribution is 7.09. The van der Waals surface area contributed by atoms with E-state index in [2.05, 4.69) is 27.8 Å². The lowest BCUT2D eigenvalue weighted by atomic mass is 10.3. The Balaban J connectivity index is 1.71. The molecule has 0 spiro atoms. The van der Waals surface area contributed by atoms with Gasteiger partial charge in [-0.25, -0.2) is 4.98 Å². The average molecular weight is 279 g/mol. The van der Waals surface area contributed by atoms with E-state index in [9.17, 15) is 4.79 Å². The van der Waals surface area contributed by atoms with E-state index in [1.54, 1.807) is 17.4 Å². The van der Waals surface area contributed by atoms with Gasteiger partial charge in [0.15, 0.2) is 0 Å². The first kappa shape index (κ1) is 13.7. The third-order valence-electron chi connectivity index (χ3n) is 2.63. The van der Waals surface area contributed by atoms with Gasteiger partial charge in [-0.15, -0.1) is 11.3 Å². The number of hydrogen-bond acceptors (Lipinski definition) is 5. The lowest BCUT2D eigenvalue weighted by Crippen LogP contribution is -2.27. The molecular formula is C13H17N3O2S. The maximum atomic E-state index is 11.7. The maximum absolute atomic E-state index is 11.7. The van der Waals surface area contributed by atoms with Gasteiger partial charge in [0.2, 0.25) is 5.91 Å². The van der Waals surface area contributed by atoms with Crippen LogP contribution in [0.25, 0.3) is 0 Å². The highest BCUT2D eigenvalue weighted by atomic mass is 32.1. The second-order valence-electron chi connectivity index (χ2n) is 4.30. The second kappa shape index (κ2) is 6.47. The fourth-order valence-corrected chi connectivity index (χ4v) is 2.54. The summed E-state index contributed by atoms with van der Waals surface area (Å²) in [5.74, 6) is 0.543. The van der Waals surface area contributed by atoms with Gasteiger partial charge in [0.25, 0.3) is 0 Å². The highest BCUT2D eigenvalue weighted by Crippen LogP contribution is 2.10. The van der Waals surface area contributed by atoms with Crippen LogP contribution in [0.2, 0.25) is 0 Å². The summed E-state index contributed by atoms with van der Waals surface area (Å²) in [5, 5.41) is 9.73. The van der Waals surface area contributed by atoms with Gasteiger partial charge in [0.05, 0.1) is 22.8 Å². The number of thiazole rings is 1. The van der Waals surface area contributed by atoms with Crippen molar-refractivity contribution in [3.63, 3.8) is 0 Å². The van der Waals surface area contributed by atoms with Gasteiger partial charge in [-0.2, -0.15) is 0 Å². The summed E-state index contributed by atoms with van der Waals surface area (Å²) in [7, 11) is 0. The first-order chi connectivity index (χ1) is 9.17. The highest BCUT2D eigenvalue weighted by Gasteiger charge is 2.08. The maximum Gasteiger partial charge on any atom is 0.227 e. The minimum atomic E-state index is -0.0524. The molecule has 0 bridgehead atoms. The van der Waals surface area contributed by atoms with Crippen LogP contribution in [0.15, 0.2) is 16.0 Å². The lowest BCUT2D eigenvalue weighted by molar-refractivity contribution is -0.120. The number of carbonyl (C=O) groups is 1. The summed E-state index contributed by atoms with van der Waals surface area (Å²) in [4.78, 5) is 16.1. The standard InChI is InChI=1S/C13H17N3O2S/c1-3-10-8-19-13(15-10)4-5-14-12(17)7-11-6-9(2)16-18-11/h6,8H,3-5,7H2,1-2H3,(H,14,17). The quantitative estimate of drug-likeness (QED) is 0.877. The van der Waals surface area contributed by atoms with Gasteiger partial charge in [0, 0.05) is 24.4 Å². The number of nitrogens with zero attached hydrogens (tertiary/aromatic N) is 2. The van der Waals surface area contributed by atoms with Gasteiger partial charge in [-0.3, -0.25) is 4.79 Å². The third-order valence-corrected chi connectivity index (χ3v) is 3.59. The summed E-state index contributed by atoms with van der Waals surface area (Å²) in [5.41, 5.74) is 1.90. The molecule has 2 aromatic rings. The van der Waals surface area contributed by atoms with E-state index in [1.165, 1.54) is 0 Å². The monoisotopic (exact) mass is 279 g/mol. The first-order valence-corrected chi connectivity index (χ1v) is 7.17. The van der Waals surface area contributed by atoms with Crippen LogP contribution in [0, 0.1) is 6.92 Å². The van der Waals surface area contributed by atoms with Crippen LogP contribution >= 0.6 is 11.3 Å². The topological polar surface area (TPSA) is 68.0 Å². The van der Waals surface area contributed by atoms with Crippen LogP contribution in [-0.2, 0) is 24.1 Å². The Morgan fingerprint density at radius 2 is 2.37 bits per heavy atom. The molecule has 0 aliphatic heterocycles. The molecule has 5 nitrogen and oxygen atoms in total. The Morgan fingerprint density at radius 3 is 3.00 bits per heavy atom. The van der Waals surface area contributed by atoms with Gasteiger partial charge in [0.1, 0.15) is 5.76 Å². The predicted molar refractivity (Wildman–Crippen MR) is 73.1 cm³/mol. The molecule has 0 saturated heterocycles. The number of aromatic nitrogens is 2. The van der Waals surface area contributed by atoms with Gasteiger partial charge < -0.3 is 9.84 Å². The zero-order chi connectivity index (χ0) is 13.7. The summed E-state index contributed by atoms with van der Waals surface area (Å²) < 4.78 is 5.00. The molecule has 0 aliphatic rings. The molecule has 0 aliphatic carbocycles. The molecule has 2 heterocycles. The molecule has 0 fully saturated rings. The van der Waals surface area contributed by atoms with Crippen molar-refractivity contribution >= 4 is 17.2 Å². The molecule has 1 amide bonds. The van der Waals surface area contributed by atoms with Crippen LogP contribution in [0.1, 0.15) is 29.1 Å². The van der Waals surface area contributed by atoms with Crippen molar-refractivity contribution in [1.29, 1.82) is 0 Å². The molecule has 6 heteroatoms. The normalized spacial score (nSPS) is 10.6. The summed E-state index contributed by atoms with van der Waals surface area (Å²) >= 11 is 1.64. The number of carbonyl (C=O) groups excluding carboxylic acids is 1. The zero-order valence-corrected chi connectivity index (χ0v) is 11.9. The SMILES string of the molecule is CCc1csc(CCNC(=O)Cc2cc(C)no2)n1. The van der Waals surface area contributed by atoms with Crippen molar-refractivity contribution in [1.82, 2.24) is 15.5 Å². The van der Waals surface area contributed by atoms with Crippen LogP contribution in [0.4, 0.5) is 0 Å². The van der Waals surface area contributed by atoms with Gasteiger partial charge in [-0.05, 0) is 13.3 Å². The number of nitrogens with one attached hydrogen (secondary N) is 1. The van der Waals surface area contributed by atoms with Crippen molar-refractivity contribution in [2.45, 2.75) is 33.1 Å². The van der Waals surface area contributed by atoms with E-state index in [0.717, 1.165) is 29.2 Å². The minimum Gasteiger partial charge on any atom is -0.361 e. The number of rotatable bonds is 6. The van der Waals surface area contributed by atoms with E-state index in [0.29, 0.717) is 12.3 Å². The Hall–Kier alpha value is -1.69. The fraction of sp³-hybridized carbons (Fsp3) is 0.462. The second-order valence-corrected chi connectivity index (χ2v) is 5.24. The molecular weight excluding hydrogens is 262 g/mol. The third kappa shape index (κ3) is 4.17. The minimum absolute atomic E-state index is 0.0524. The molecule has 102 valence electrons. The van der Waals surface area contributed by atoms with Crippen molar-refractivity contribution in [2.75, 3.05) is 6.54 Å². The Kier molecular flexibility index (Phi) is 4.68. The van der Waals surface area contributed by atoms with Crippen molar-refractivity contribution < 1.29 is 9.32 Å². The molecule has 0 unspecified atom stereocenters. The van der Waals surface area contributed by atoms with E-state index in [1.807, 2.05) is 6.92 Å². The van der Waals surface area contributed by atoms with Crippen LogP contribution in [0.3, 0.4) is 0 Å². The van der Waals surface area contributed by atoms with Crippen molar-refractivity contribution in [2.24, 2.45) is 0 Å². The smallest absolute Gasteiger partial charge is 0.227 e. The molecule has 1 N–H and O–H groups in total. The van der Waals surface area contributed by atoms with Crippen molar-refractivity contribution in [3.05, 3.63) is 33.6 Å². The number of amides is 1. The van der Waals surface area contributed by atoms with Gasteiger partial charge in [-0.1, -0.05) is 12.1 Å². The largest absolute Gasteiger partial charge is 0.361 e. The molecule has 0 radical (unpaired) electrons. The van der Waals surface area contributed by atoms with Crippen LogP contribution in [-0.4, -0.2) is 22.6 Å². The Labute approximate surface area is 116 Å². The van der Waals surface area contributed by atoms with Crippen molar-refractivity contribution in [3.8, 4) is 0 Å². The molecule has 0 atom stereocenters. The predicted octanol–water partition coefficient (Wildman–Crippen LogP) is 1.90. The Bertz CT molecular complexity index is 548. The molecule has 19 heavy (non-hydrogen) atoms. The van der Waals surface area contributed by atoms with Crippen LogP contribution in [0.5, 0.6) is 0 Å². The molecule has 2 aromatic heterocycles. The fourth-order valence-electron chi connectivity index (χ4n) is 1.66. The van der Waals surface area contributed by atoms with E-state index < -0.39 is 0 Å². The molecule has 0 aromatic carbocycles. The Morgan fingerprint density at radius 1 is 1.53 bits per heavy atom. The zero-order valence-electron chi connectivity index (χ0n) is 11.1. The lowest BCUT2D eigenvalue weighted by Gasteiger charge is -2.01. The summed E-state index contributed by atoms with van der Waals surface area (Å²) in [6.07, 6.45) is 1.96. The number of aryl methyl sites for hydroxylation is 2. The van der Waals surface area contributed by atoms with E-state index >= 15 is 0 Å². The van der Waals surface area contributed by atoms with E-state index in [4.69, 9.17) is 4.52 Å². The summed E-state index contributed by atoms with van der Waals surface area (Å²) in [6, 6.07) is 1.77. The van der Waals surface area contributed by atoms with Crippen LogP contribution < -0.4 is 5.32 Å². The average Bonchev–Trinajstić information content (AvgIpc) is 2.98. The molecule has 2 rings (SSSR count).